The number of benzene rings is 3. The summed E-state index contributed by atoms with van der Waals surface area (Å²) in [4.78, 5) is 22.8. The second-order valence-corrected chi connectivity index (χ2v) is 8.87. The van der Waals surface area contributed by atoms with Crippen LogP contribution in [-0.2, 0) is 22.1 Å². The molecule has 0 bridgehead atoms. The maximum Gasteiger partial charge on any atom is 0.416 e. The molecular formula is C29H31F3N2O4. The van der Waals surface area contributed by atoms with E-state index in [9.17, 15) is 22.8 Å². The van der Waals surface area contributed by atoms with Crippen LogP contribution in [0.3, 0.4) is 0 Å². The highest BCUT2D eigenvalue weighted by Crippen LogP contribution is 2.32. The van der Waals surface area contributed by atoms with E-state index in [1.807, 2.05) is 31.2 Å². The Morgan fingerprint density at radius 1 is 0.974 bits per heavy atom. The van der Waals surface area contributed by atoms with Gasteiger partial charge in [0.25, 0.3) is 5.91 Å². The molecule has 0 saturated carbocycles. The van der Waals surface area contributed by atoms with Crippen molar-refractivity contribution >= 4 is 17.6 Å². The molecule has 1 atom stereocenters. The summed E-state index contributed by atoms with van der Waals surface area (Å²) in [6.07, 6.45) is -3.05. The van der Waals surface area contributed by atoms with Crippen LogP contribution < -0.4 is 10.6 Å². The van der Waals surface area contributed by atoms with Crippen molar-refractivity contribution < 1.29 is 32.6 Å². The number of rotatable bonds is 13. The second-order valence-electron chi connectivity index (χ2n) is 8.87. The topological polar surface area (TPSA) is 87.7 Å². The number of carbonyl (C=O) groups excluding carboxylic acids is 1. The van der Waals surface area contributed by atoms with Crippen LogP contribution in [0.1, 0.15) is 41.3 Å². The Hall–Kier alpha value is -3.85. The van der Waals surface area contributed by atoms with Crippen molar-refractivity contribution in [2.24, 2.45) is 0 Å². The zero-order chi connectivity index (χ0) is 27.5. The van der Waals surface area contributed by atoms with E-state index in [4.69, 9.17) is 9.84 Å². The minimum atomic E-state index is -4.39. The molecule has 3 aromatic carbocycles. The number of amides is 1. The first-order valence-corrected chi connectivity index (χ1v) is 12.4. The fraction of sp³-hybridized carbons (Fsp3) is 0.310. The van der Waals surface area contributed by atoms with Gasteiger partial charge in [-0.15, -0.1) is 0 Å². The molecule has 1 amide bonds. The standard InChI is InChI=1S/C29H31F3N2O4/c1-2-16-38-19-26(34-25-12-10-22(11-13-25)28(37)33-15-14-27(35)36)17-20-6-8-21(9-7-20)23-4-3-5-24(18-23)29(30,31)32/h3-13,18,26,34H,2,14-17,19H2,1H3,(H,33,37)(H,35,36)/t26-/m0/s1. The summed E-state index contributed by atoms with van der Waals surface area (Å²) >= 11 is 0. The quantitative estimate of drug-likeness (QED) is 0.236. The SMILES string of the molecule is CCCOC[C@H](Cc1ccc(-c2cccc(C(F)(F)F)c2)cc1)Nc1ccc(C(=O)NCCC(=O)O)cc1. The molecule has 0 aromatic heterocycles. The van der Waals surface area contributed by atoms with Gasteiger partial charge in [0.15, 0.2) is 0 Å². The Morgan fingerprint density at radius 2 is 1.68 bits per heavy atom. The van der Waals surface area contributed by atoms with Gasteiger partial charge in [0, 0.05) is 24.4 Å². The second kappa shape index (κ2) is 13.6. The van der Waals surface area contributed by atoms with Crippen molar-refractivity contribution in [3.05, 3.63) is 89.5 Å². The van der Waals surface area contributed by atoms with Crippen LogP contribution in [0, 0.1) is 0 Å². The zero-order valence-electron chi connectivity index (χ0n) is 21.1. The number of alkyl halides is 3. The van der Waals surface area contributed by atoms with Gasteiger partial charge in [-0.05, 0) is 65.9 Å². The molecule has 0 fully saturated rings. The van der Waals surface area contributed by atoms with E-state index in [1.165, 1.54) is 6.07 Å². The number of carboxylic acid groups (broad SMARTS) is 1. The molecule has 0 saturated heterocycles. The number of aliphatic carboxylic acids is 1. The maximum absolute atomic E-state index is 13.1. The summed E-state index contributed by atoms with van der Waals surface area (Å²) in [7, 11) is 0. The summed E-state index contributed by atoms with van der Waals surface area (Å²) in [5.74, 6) is -1.33. The highest BCUT2D eigenvalue weighted by atomic mass is 19.4. The van der Waals surface area contributed by atoms with Crippen molar-refractivity contribution in [1.29, 1.82) is 0 Å². The smallest absolute Gasteiger partial charge is 0.416 e. The van der Waals surface area contributed by atoms with E-state index in [0.29, 0.717) is 36.3 Å². The number of hydrogen-bond donors (Lipinski definition) is 3. The monoisotopic (exact) mass is 528 g/mol. The first kappa shape index (κ1) is 28.7. The molecule has 38 heavy (non-hydrogen) atoms. The molecule has 0 radical (unpaired) electrons. The fourth-order valence-corrected chi connectivity index (χ4v) is 3.85. The van der Waals surface area contributed by atoms with E-state index >= 15 is 0 Å². The van der Waals surface area contributed by atoms with Crippen LogP contribution in [0.25, 0.3) is 11.1 Å². The largest absolute Gasteiger partial charge is 0.481 e. The van der Waals surface area contributed by atoms with E-state index in [1.54, 1.807) is 30.3 Å². The van der Waals surface area contributed by atoms with Gasteiger partial charge in [-0.1, -0.05) is 43.3 Å². The average molecular weight is 529 g/mol. The lowest BCUT2D eigenvalue weighted by atomic mass is 9.99. The Bertz CT molecular complexity index is 1200. The average Bonchev–Trinajstić information content (AvgIpc) is 2.89. The third-order valence-corrected chi connectivity index (χ3v) is 5.77. The number of ether oxygens (including phenoxy) is 1. The van der Waals surface area contributed by atoms with Crippen molar-refractivity contribution in [3.8, 4) is 11.1 Å². The van der Waals surface area contributed by atoms with Gasteiger partial charge in [-0.2, -0.15) is 13.2 Å². The first-order chi connectivity index (χ1) is 18.2. The third kappa shape index (κ3) is 8.92. The minimum absolute atomic E-state index is 0.0531. The Labute approximate surface area is 219 Å². The summed E-state index contributed by atoms with van der Waals surface area (Å²) in [6, 6.07) is 19.5. The lowest BCUT2D eigenvalue weighted by molar-refractivity contribution is -0.138. The molecule has 202 valence electrons. The first-order valence-electron chi connectivity index (χ1n) is 12.4. The van der Waals surface area contributed by atoms with Crippen LogP contribution in [0.4, 0.5) is 18.9 Å². The number of halogens is 3. The van der Waals surface area contributed by atoms with Crippen LogP contribution in [0.15, 0.2) is 72.8 Å². The summed E-state index contributed by atoms with van der Waals surface area (Å²) in [5.41, 5.74) is 2.72. The highest BCUT2D eigenvalue weighted by molar-refractivity contribution is 5.94. The van der Waals surface area contributed by atoms with E-state index in [0.717, 1.165) is 29.8 Å². The number of carboxylic acids is 1. The normalized spacial score (nSPS) is 12.1. The number of carbonyl (C=O) groups is 2. The minimum Gasteiger partial charge on any atom is -0.481 e. The van der Waals surface area contributed by atoms with Gasteiger partial charge in [0.05, 0.1) is 24.6 Å². The van der Waals surface area contributed by atoms with Crippen molar-refractivity contribution in [2.45, 2.75) is 38.4 Å². The predicted octanol–water partition coefficient (Wildman–Crippen LogP) is 6.03. The highest BCUT2D eigenvalue weighted by Gasteiger charge is 2.30. The van der Waals surface area contributed by atoms with Crippen LogP contribution in [0.2, 0.25) is 0 Å². The van der Waals surface area contributed by atoms with E-state index < -0.39 is 17.7 Å². The van der Waals surface area contributed by atoms with Gasteiger partial charge in [-0.3, -0.25) is 9.59 Å². The fourth-order valence-electron chi connectivity index (χ4n) is 3.85. The van der Waals surface area contributed by atoms with Gasteiger partial charge in [-0.25, -0.2) is 0 Å². The molecule has 3 rings (SSSR count). The molecule has 0 unspecified atom stereocenters. The van der Waals surface area contributed by atoms with Crippen LogP contribution in [-0.4, -0.2) is 42.8 Å². The van der Waals surface area contributed by atoms with Gasteiger partial charge in [0.2, 0.25) is 0 Å². The third-order valence-electron chi connectivity index (χ3n) is 5.77. The van der Waals surface area contributed by atoms with E-state index in [-0.39, 0.29) is 24.9 Å². The summed E-state index contributed by atoms with van der Waals surface area (Å²) in [6.45, 7) is 3.13. The number of nitrogens with one attached hydrogen (secondary N) is 2. The van der Waals surface area contributed by atoms with Gasteiger partial charge in [0.1, 0.15) is 0 Å². The molecule has 3 aromatic rings. The molecule has 0 heterocycles. The summed E-state index contributed by atoms with van der Waals surface area (Å²) < 4.78 is 45.0. The molecule has 0 aliphatic carbocycles. The Balaban J connectivity index is 1.66. The lowest BCUT2D eigenvalue weighted by Gasteiger charge is -2.21. The zero-order valence-corrected chi connectivity index (χ0v) is 21.1. The van der Waals surface area contributed by atoms with Crippen LogP contribution >= 0.6 is 0 Å². The molecule has 0 aliphatic heterocycles. The summed E-state index contributed by atoms with van der Waals surface area (Å²) in [5, 5.41) is 14.7. The molecule has 9 heteroatoms. The number of anilines is 1. The van der Waals surface area contributed by atoms with Crippen molar-refractivity contribution in [3.63, 3.8) is 0 Å². The van der Waals surface area contributed by atoms with E-state index in [2.05, 4.69) is 10.6 Å². The Kier molecular flexibility index (Phi) is 10.3. The van der Waals surface area contributed by atoms with Gasteiger partial charge >= 0.3 is 12.1 Å². The molecule has 0 aliphatic rings. The van der Waals surface area contributed by atoms with Crippen molar-refractivity contribution in [1.82, 2.24) is 5.32 Å². The maximum atomic E-state index is 13.1. The molecule has 6 nitrogen and oxygen atoms in total. The lowest BCUT2D eigenvalue weighted by Crippen LogP contribution is -2.28. The van der Waals surface area contributed by atoms with Gasteiger partial charge < -0.3 is 20.5 Å². The van der Waals surface area contributed by atoms with Crippen LogP contribution in [0.5, 0.6) is 0 Å². The molecule has 0 spiro atoms. The molecular weight excluding hydrogens is 497 g/mol. The van der Waals surface area contributed by atoms with Crippen molar-refractivity contribution in [2.75, 3.05) is 25.1 Å². The predicted molar refractivity (Wildman–Crippen MR) is 140 cm³/mol. The molecule has 3 N–H and O–H groups in total. The Morgan fingerprint density at radius 3 is 2.32 bits per heavy atom. The number of hydrogen-bond acceptors (Lipinski definition) is 4.